The van der Waals surface area contributed by atoms with Crippen molar-refractivity contribution >= 4 is 38.1 Å². The molecule has 1 amide bonds. The number of rotatable bonds is 9. The maximum absolute atomic E-state index is 13.3. The summed E-state index contributed by atoms with van der Waals surface area (Å²) in [4.78, 5) is 12.7. The molecule has 1 heterocycles. The Bertz CT molecular complexity index is 1280. The lowest BCUT2D eigenvalue weighted by molar-refractivity contribution is -0.121. The summed E-state index contributed by atoms with van der Waals surface area (Å²) in [6.45, 7) is -0.0657. The molecule has 1 aliphatic rings. The highest BCUT2D eigenvalue weighted by Crippen LogP contribution is 2.32. The lowest BCUT2D eigenvalue weighted by Crippen LogP contribution is -2.40. The van der Waals surface area contributed by atoms with Crippen LogP contribution in [0.25, 0.3) is 0 Å². The van der Waals surface area contributed by atoms with E-state index in [1.807, 2.05) is 30.3 Å². The fraction of sp³-hybridized carbons (Fsp3) is 0.167. The third kappa shape index (κ3) is 6.02. The molecule has 0 bridgehead atoms. The first-order valence-electron chi connectivity index (χ1n) is 10.4. The summed E-state index contributed by atoms with van der Waals surface area (Å²) in [5.74, 6) is 0.696. The molecule has 0 atom stereocenters. The monoisotopic (exact) mass is 543 g/mol. The molecule has 1 N–H and O–H groups in total. The van der Waals surface area contributed by atoms with Crippen LogP contribution in [0.15, 0.2) is 87.3 Å². The van der Waals surface area contributed by atoms with Crippen LogP contribution in [-0.4, -0.2) is 44.7 Å². The van der Waals surface area contributed by atoms with Gasteiger partial charge in [0.2, 0.25) is 16.8 Å². The lowest BCUT2D eigenvalue weighted by atomic mass is 10.1. The van der Waals surface area contributed by atoms with E-state index in [1.165, 1.54) is 18.3 Å². The summed E-state index contributed by atoms with van der Waals surface area (Å²) in [6.07, 6.45) is 1.92. The normalized spacial score (nSPS) is 12.9. The van der Waals surface area contributed by atoms with Gasteiger partial charge in [0.05, 0.1) is 17.7 Å². The number of halogens is 1. The van der Waals surface area contributed by atoms with E-state index in [0.29, 0.717) is 23.5 Å². The molecule has 0 aliphatic carbocycles. The van der Waals surface area contributed by atoms with E-state index in [4.69, 9.17) is 9.47 Å². The molecular weight excluding hydrogens is 522 g/mol. The Morgan fingerprint density at radius 3 is 2.53 bits per heavy atom. The summed E-state index contributed by atoms with van der Waals surface area (Å²) in [5, 5.41) is 3.96. The van der Waals surface area contributed by atoms with Crippen molar-refractivity contribution < 1.29 is 22.7 Å². The van der Waals surface area contributed by atoms with E-state index in [-0.39, 0.29) is 24.8 Å². The average molecular weight is 544 g/mol. The number of hydrogen-bond acceptors (Lipinski definition) is 6. The molecule has 0 aromatic heterocycles. The number of hydrazone groups is 1. The summed E-state index contributed by atoms with van der Waals surface area (Å²) in [5.41, 5.74) is 4.08. The Balaban J connectivity index is 1.45. The lowest BCUT2D eigenvalue weighted by Gasteiger charge is -2.21. The van der Waals surface area contributed by atoms with Crippen molar-refractivity contribution in [2.24, 2.45) is 5.10 Å². The van der Waals surface area contributed by atoms with E-state index in [0.717, 1.165) is 14.3 Å². The first-order valence-corrected chi connectivity index (χ1v) is 12.7. The van der Waals surface area contributed by atoms with Crippen molar-refractivity contribution in [1.82, 2.24) is 9.73 Å². The average Bonchev–Trinajstić information content (AvgIpc) is 3.30. The van der Waals surface area contributed by atoms with Crippen molar-refractivity contribution in [2.75, 3.05) is 19.9 Å². The Morgan fingerprint density at radius 2 is 1.76 bits per heavy atom. The molecule has 8 nitrogen and oxygen atoms in total. The van der Waals surface area contributed by atoms with E-state index >= 15 is 0 Å². The van der Waals surface area contributed by atoms with Gasteiger partial charge in [-0.15, -0.1) is 0 Å². The highest BCUT2D eigenvalue weighted by atomic mass is 79.9. The van der Waals surface area contributed by atoms with Crippen molar-refractivity contribution in [3.63, 3.8) is 0 Å². The second kappa shape index (κ2) is 10.8. The molecule has 0 fully saturated rings. The molecule has 1 aliphatic heterocycles. The van der Waals surface area contributed by atoms with Gasteiger partial charge in [0.25, 0.3) is 5.91 Å². The Hall–Kier alpha value is -3.21. The van der Waals surface area contributed by atoms with E-state index < -0.39 is 15.9 Å². The number of fused-ring (bicyclic) bond motifs is 1. The molecule has 34 heavy (non-hydrogen) atoms. The molecule has 3 aromatic rings. The first-order chi connectivity index (χ1) is 16.4. The van der Waals surface area contributed by atoms with Crippen LogP contribution in [0.4, 0.5) is 0 Å². The Kier molecular flexibility index (Phi) is 7.61. The van der Waals surface area contributed by atoms with Crippen LogP contribution in [0.2, 0.25) is 0 Å². The van der Waals surface area contributed by atoms with Crippen molar-refractivity contribution in [1.29, 1.82) is 0 Å². The highest BCUT2D eigenvalue weighted by molar-refractivity contribution is 9.10. The highest BCUT2D eigenvalue weighted by Gasteiger charge is 2.26. The topological polar surface area (TPSA) is 97.3 Å². The van der Waals surface area contributed by atoms with Gasteiger partial charge < -0.3 is 9.47 Å². The summed E-state index contributed by atoms with van der Waals surface area (Å²) in [7, 11) is -3.90. The molecular formula is C24H22BrN3O5S. The third-order valence-corrected chi connectivity index (χ3v) is 7.45. The number of carbonyl (C=O) groups excluding carboxylic acids is 1. The number of carbonyl (C=O) groups is 1. The van der Waals surface area contributed by atoms with Crippen LogP contribution in [0.1, 0.15) is 11.1 Å². The Labute approximate surface area is 206 Å². The van der Waals surface area contributed by atoms with E-state index in [9.17, 15) is 13.2 Å². The van der Waals surface area contributed by atoms with E-state index in [1.54, 1.807) is 30.3 Å². The zero-order valence-electron chi connectivity index (χ0n) is 18.1. The number of nitrogens with one attached hydrogen (secondary N) is 1. The molecule has 4 rings (SSSR count). The van der Waals surface area contributed by atoms with Gasteiger partial charge in [0.15, 0.2) is 11.5 Å². The van der Waals surface area contributed by atoms with Gasteiger partial charge in [0.1, 0.15) is 0 Å². The van der Waals surface area contributed by atoms with Gasteiger partial charge in [-0.1, -0.05) is 46.3 Å². The van der Waals surface area contributed by atoms with Gasteiger partial charge in [-0.3, -0.25) is 4.79 Å². The zero-order valence-corrected chi connectivity index (χ0v) is 20.5. The zero-order chi connectivity index (χ0) is 24.0. The molecule has 0 unspecified atom stereocenters. The van der Waals surface area contributed by atoms with Crippen LogP contribution in [0.5, 0.6) is 11.5 Å². The van der Waals surface area contributed by atoms with Crippen LogP contribution in [-0.2, 0) is 21.2 Å². The standard InChI is InChI=1S/C24H22BrN3O5S/c25-20-7-9-21(10-8-20)34(30,31)28(13-12-18-4-2-1-3-5-18)16-24(29)27-26-15-19-6-11-22-23(14-19)33-17-32-22/h1-11,14-15H,12-13,16-17H2,(H,27,29). The number of amides is 1. The molecule has 0 spiro atoms. The van der Waals surface area contributed by atoms with Crippen LogP contribution in [0.3, 0.4) is 0 Å². The van der Waals surface area contributed by atoms with Gasteiger partial charge in [-0.2, -0.15) is 9.41 Å². The van der Waals surface area contributed by atoms with Crippen molar-refractivity contribution in [3.05, 3.63) is 88.4 Å². The largest absolute Gasteiger partial charge is 0.454 e. The second-order valence-electron chi connectivity index (χ2n) is 7.43. The van der Waals surface area contributed by atoms with Crippen LogP contribution >= 0.6 is 15.9 Å². The SMILES string of the molecule is O=C(CN(CCc1ccccc1)S(=O)(=O)c1ccc(Br)cc1)NN=Cc1ccc2c(c1)OCO2. The number of hydrogen-bond donors (Lipinski definition) is 1. The van der Waals surface area contributed by atoms with Crippen LogP contribution < -0.4 is 14.9 Å². The second-order valence-corrected chi connectivity index (χ2v) is 10.3. The molecule has 0 saturated carbocycles. The minimum Gasteiger partial charge on any atom is -0.454 e. The number of sulfonamides is 1. The molecule has 176 valence electrons. The summed E-state index contributed by atoms with van der Waals surface area (Å²) < 4.78 is 39.1. The molecule has 0 radical (unpaired) electrons. The predicted octanol–water partition coefficient (Wildman–Crippen LogP) is 3.56. The minimum atomic E-state index is -3.90. The number of nitrogens with zero attached hydrogens (tertiary/aromatic N) is 2. The third-order valence-electron chi connectivity index (χ3n) is 5.06. The van der Waals surface area contributed by atoms with Gasteiger partial charge in [0, 0.05) is 11.0 Å². The predicted molar refractivity (Wildman–Crippen MR) is 131 cm³/mol. The molecule has 0 saturated heterocycles. The number of ether oxygens (including phenoxy) is 2. The maximum Gasteiger partial charge on any atom is 0.255 e. The van der Waals surface area contributed by atoms with Crippen LogP contribution in [0, 0.1) is 0 Å². The summed E-state index contributed by atoms with van der Waals surface area (Å²) >= 11 is 3.31. The number of benzene rings is 3. The summed E-state index contributed by atoms with van der Waals surface area (Å²) in [6, 6.07) is 21.1. The van der Waals surface area contributed by atoms with Crippen molar-refractivity contribution in [3.8, 4) is 11.5 Å². The van der Waals surface area contributed by atoms with E-state index in [2.05, 4.69) is 26.5 Å². The smallest absolute Gasteiger partial charge is 0.255 e. The van der Waals surface area contributed by atoms with Crippen molar-refractivity contribution in [2.45, 2.75) is 11.3 Å². The van der Waals surface area contributed by atoms with Gasteiger partial charge in [-0.25, -0.2) is 13.8 Å². The molecule has 3 aromatic carbocycles. The van der Waals surface area contributed by atoms with Gasteiger partial charge >= 0.3 is 0 Å². The van der Waals surface area contributed by atoms with Gasteiger partial charge in [-0.05, 0) is 60.0 Å². The quantitative estimate of drug-likeness (QED) is 0.328. The maximum atomic E-state index is 13.3. The minimum absolute atomic E-state index is 0.112. The fourth-order valence-electron chi connectivity index (χ4n) is 3.31. The first kappa shape index (κ1) is 23.9. The Morgan fingerprint density at radius 1 is 1.03 bits per heavy atom. The fourth-order valence-corrected chi connectivity index (χ4v) is 4.97. The molecule has 10 heteroatoms.